The Labute approximate surface area is 134 Å². The van der Waals surface area contributed by atoms with Crippen molar-refractivity contribution in [2.24, 2.45) is 0 Å². The number of unbranched alkanes of at least 4 members (excludes halogenated alkanes) is 1. The highest BCUT2D eigenvalue weighted by atomic mass is 16.5. The van der Waals surface area contributed by atoms with E-state index in [9.17, 15) is 14.7 Å². The average molecular weight is 314 g/mol. The van der Waals surface area contributed by atoms with Gasteiger partial charge in [-0.25, -0.2) is 9.59 Å². The second-order valence-electron chi connectivity index (χ2n) is 4.93. The Morgan fingerprint density at radius 2 is 1.78 bits per heavy atom. The van der Waals surface area contributed by atoms with E-state index < -0.39 is 11.9 Å². The lowest BCUT2D eigenvalue weighted by molar-refractivity contribution is 0.0494. The molecule has 0 radical (unpaired) electrons. The van der Waals surface area contributed by atoms with Gasteiger partial charge in [0.2, 0.25) is 0 Å². The van der Waals surface area contributed by atoms with Gasteiger partial charge in [0.1, 0.15) is 17.1 Å². The summed E-state index contributed by atoms with van der Waals surface area (Å²) in [4.78, 5) is 24.2. The van der Waals surface area contributed by atoms with Crippen LogP contribution in [0.1, 0.15) is 40.5 Å². The van der Waals surface area contributed by atoms with Crippen LogP contribution in [0.25, 0.3) is 0 Å². The number of benzene rings is 2. The molecule has 5 heteroatoms. The van der Waals surface area contributed by atoms with E-state index in [0.29, 0.717) is 12.2 Å². The van der Waals surface area contributed by atoms with Crippen molar-refractivity contribution < 1.29 is 24.2 Å². The fraction of sp³-hybridized carbons (Fsp3) is 0.222. The van der Waals surface area contributed by atoms with Crippen LogP contribution in [0.3, 0.4) is 0 Å². The van der Waals surface area contributed by atoms with Crippen molar-refractivity contribution in [3.63, 3.8) is 0 Å². The molecule has 2 rings (SSSR count). The van der Waals surface area contributed by atoms with Crippen molar-refractivity contribution in [2.45, 2.75) is 19.8 Å². The molecule has 0 fully saturated rings. The third-order valence-corrected chi connectivity index (χ3v) is 3.13. The van der Waals surface area contributed by atoms with Crippen LogP contribution in [0, 0.1) is 0 Å². The molecule has 23 heavy (non-hydrogen) atoms. The van der Waals surface area contributed by atoms with E-state index in [0.717, 1.165) is 12.8 Å². The highest BCUT2D eigenvalue weighted by Crippen LogP contribution is 2.26. The van der Waals surface area contributed by atoms with Crippen LogP contribution < -0.4 is 4.74 Å². The van der Waals surface area contributed by atoms with Crippen molar-refractivity contribution in [3.05, 3.63) is 59.7 Å². The van der Waals surface area contributed by atoms with Gasteiger partial charge in [0.05, 0.1) is 12.2 Å². The normalized spacial score (nSPS) is 10.1. The molecular weight excluding hydrogens is 296 g/mol. The monoisotopic (exact) mass is 314 g/mol. The first-order valence-electron chi connectivity index (χ1n) is 7.39. The number of hydrogen-bond acceptors (Lipinski definition) is 5. The largest absolute Gasteiger partial charge is 0.508 e. The van der Waals surface area contributed by atoms with Gasteiger partial charge in [0.25, 0.3) is 0 Å². The number of carbonyl (C=O) groups is 2. The molecule has 0 unspecified atom stereocenters. The SMILES string of the molecule is CCCCOC(=O)c1ccc(O)cc1OC(=O)c1ccccc1. The fourth-order valence-electron chi connectivity index (χ4n) is 1.88. The van der Waals surface area contributed by atoms with Crippen LogP contribution in [0.5, 0.6) is 11.5 Å². The van der Waals surface area contributed by atoms with Gasteiger partial charge in [0.15, 0.2) is 0 Å². The van der Waals surface area contributed by atoms with Gasteiger partial charge in [-0.3, -0.25) is 0 Å². The first-order chi connectivity index (χ1) is 11.1. The summed E-state index contributed by atoms with van der Waals surface area (Å²) < 4.78 is 10.4. The van der Waals surface area contributed by atoms with Gasteiger partial charge in [-0.05, 0) is 30.7 Å². The third kappa shape index (κ3) is 4.57. The van der Waals surface area contributed by atoms with Gasteiger partial charge in [-0.2, -0.15) is 0 Å². The summed E-state index contributed by atoms with van der Waals surface area (Å²) >= 11 is 0. The van der Waals surface area contributed by atoms with Crippen molar-refractivity contribution in [1.29, 1.82) is 0 Å². The minimum atomic E-state index is -0.612. The minimum Gasteiger partial charge on any atom is -0.508 e. The lowest BCUT2D eigenvalue weighted by atomic mass is 10.2. The summed E-state index contributed by atoms with van der Waals surface area (Å²) in [5.74, 6) is -1.33. The van der Waals surface area contributed by atoms with E-state index in [2.05, 4.69) is 0 Å². The van der Waals surface area contributed by atoms with Crippen LogP contribution in [-0.4, -0.2) is 23.7 Å². The summed E-state index contributed by atoms with van der Waals surface area (Å²) in [7, 11) is 0. The molecule has 0 aliphatic rings. The van der Waals surface area contributed by atoms with Gasteiger partial charge < -0.3 is 14.6 Å². The second-order valence-corrected chi connectivity index (χ2v) is 4.93. The highest BCUT2D eigenvalue weighted by molar-refractivity contribution is 5.96. The van der Waals surface area contributed by atoms with Gasteiger partial charge in [-0.15, -0.1) is 0 Å². The maximum Gasteiger partial charge on any atom is 0.343 e. The maximum atomic E-state index is 12.1. The Bertz CT molecular complexity index is 679. The number of phenols is 1. The lowest BCUT2D eigenvalue weighted by Crippen LogP contribution is -2.13. The number of esters is 2. The maximum absolute atomic E-state index is 12.1. The molecule has 5 nitrogen and oxygen atoms in total. The topological polar surface area (TPSA) is 72.8 Å². The van der Waals surface area contributed by atoms with E-state index in [1.807, 2.05) is 6.92 Å². The molecule has 0 heterocycles. The zero-order chi connectivity index (χ0) is 16.7. The van der Waals surface area contributed by atoms with E-state index in [4.69, 9.17) is 9.47 Å². The van der Waals surface area contributed by atoms with Crippen LogP contribution >= 0.6 is 0 Å². The van der Waals surface area contributed by atoms with Gasteiger partial charge in [-0.1, -0.05) is 31.5 Å². The third-order valence-electron chi connectivity index (χ3n) is 3.13. The number of hydrogen-bond donors (Lipinski definition) is 1. The van der Waals surface area contributed by atoms with E-state index >= 15 is 0 Å². The molecule has 120 valence electrons. The molecule has 0 atom stereocenters. The molecule has 0 saturated carbocycles. The fourth-order valence-corrected chi connectivity index (χ4v) is 1.88. The van der Waals surface area contributed by atoms with E-state index in [-0.39, 0.29) is 17.1 Å². The van der Waals surface area contributed by atoms with Crippen molar-refractivity contribution in [2.75, 3.05) is 6.61 Å². The Morgan fingerprint density at radius 3 is 2.48 bits per heavy atom. The Morgan fingerprint density at radius 1 is 1.04 bits per heavy atom. The zero-order valence-electron chi connectivity index (χ0n) is 12.8. The Balaban J connectivity index is 2.18. The first-order valence-corrected chi connectivity index (χ1v) is 7.39. The van der Waals surface area contributed by atoms with Crippen LogP contribution in [0.15, 0.2) is 48.5 Å². The summed E-state index contributed by atoms with van der Waals surface area (Å²) in [5.41, 5.74) is 0.448. The van der Waals surface area contributed by atoms with E-state index in [1.54, 1.807) is 30.3 Å². The number of aromatic hydroxyl groups is 1. The zero-order valence-corrected chi connectivity index (χ0v) is 12.8. The summed E-state index contributed by atoms with van der Waals surface area (Å²) in [6.07, 6.45) is 1.65. The molecular formula is C18H18O5. The molecule has 0 saturated heterocycles. The lowest BCUT2D eigenvalue weighted by Gasteiger charge is -2.10. The standard InChI is InChI=1S/C18H18O5/c1-2-3-11-22-18(21)15-10-9-14(19)12-16(15)23-17(20)13-7-5-4-6-8-13/h4-10,12,19H,2-3,11H2,1H3. The van der Waals surface area contributed by atoms with Crippen molar-refractivity contribution in [3.8, 4) is 11.5 Å². The minimum absolute atomic E-state index is 0.0275. The Kier molecular flexibility index (Phi) is 5.74. The van der Waals surface area contributed by atoms with Crippen molar-refractivity contribution in [1.82, 2.24) is 0 Å². The number of ether oxygens (including phenoxy) is 2. The Hall–Kier alpha value is -2.82. The second kappa shape index (κ2) is 7.98. The van der Waals surface area contributed by atoms with Crippen LogP contribution in [-0.2, 0) is 4.74 Å². The predicted molar refractivity (Wildman–Crippen MR) is 84.7 cm³/mol. The molecule has 2 aromatic rings. The van der Waals surface area contributed by atoms with Crippen LogP contribution in [0.4, 0.5) is 0 Å². The highest BCUT2D eigenvalue weighted by Gasteiger charge is 2.18. The molecule has 0 amide bonds. The van der Waals surface area contributed by atoms with Gasteiger partial charge >= 0.3 is 11.9 Å². The number of carbonyl (C=O) groups excluding carboxylic acids is 2. The summed E-state index contributed by atoms with van der Waals surface area (Å²) in [5, 5.41) is 9.57. The molecule has 0 aliphatic heterocycles. The molecule has 2 aromatic carbocycles. The van der Waals surface area contributed by atoms with E-state index in [1.165, 1.54) is 18.2 Å². The quantitative estimate of drug-likeness (QED) is 0.501. The van der Waals surface area contributed by atoms with Crippen LogP contribution in [0.2, 0.25) is 0 Å². The number of phenolic OH excluding ortho intramolecular Hbond substituents is 1. The first kappa shape index (κ1) is 16.5. The number of rotatable bonds is 6. The summed E-state index contributed by atoms with van der Waals surface area (Å²) in [6.45, 7) is 2.28. The van der Waals surface area contributed by atoms with Gasteiger partial charge in [0, 0.05) is 6.07 Å². The molecule has 1 N–H and O–H groups in total. The molecule has 0 aliphatic carbocycles. The summed E-state index contributed by atoms with van der Waals surface area (Å²) in [6, 6.07) is 12.3. The molecule has 0 spiro atoms. The smallest absolute Gasteiger partial charge is 0.343 e. The molecule has 0 aromatic heterocycles. The molecule has 0 bridgehead atoms. The average Bonchev–Trinajstić information content (AvgIpc) is 2.56. The predicted octanol–water partition coefficient (Wildman–Crippen LogP) is 3.57. The van der Waals surface area contributed by atoms with Crippen molar-refractivity contribution >= 4 is 11.9 Å².